The zero-order chi connectivity index (χ0) is 22.0. The number of carbonyl (C=O) groups is 2. The number of fused-ring (bicyclic) bond motifs is 1. The maximum atomic E-state index is 13.2. The number of carbonyl (C=O) groups excluding carboxylic acids is 2. The van der Waals surface area contributed by atoms with Crippen LogP contribution in [0.15, 0.2) is 41.5 Å². The first kappa shape index (κ1) is 21.2. The first-order chi connectivity index (χ1) is 15.0. The molecule has 1 N–H and O–H groups in total. The van der Waals surface area contributed by atoms with Crippen LogP contribution in [0.2, 0.25) is 0 Å². The van der Waals surface area contributed by atoms with Crippen molar-refractivity contribution in [3.8, 4) is 0 Å². The van der Waals surface area contributed by atoms with Crippen LogP contribution >= 0.6 is 11.3 Å². The molecule has 162 valence electrons. The molecule has 1 fully saturated rings. The third-order valence-electron chi connectivity index (χ3n) is 5.71. The van der Waals surface area contributed by atoms with Gasteiger partial charge in [0.05, 0.1) is 16.6 Å². The molecule has 0 radical (unpaired) electrons. The van der Waals surface area contributed by atoms with Crippen LogP contribution in [0.4, 0.5) is 5.69 Å². The predicted octanol–water partition coefficient (Wildman–Crippen LogP) is 4.46. The summed E-state index contributed by atoms with van der Waals surface area (Å²) >= 11 is 1.17. The summed E-state index contributed by atoms with van der Waals surface area (Å²) in [4.78, 5) is 43.8. The number of hydrogen-bond acceptors (Lipinski definition) is 6. The van der Waals surface area contributed by atoms with Gasteiger partial charge < -0.3 is 10.1 Å². The molecule has 1 aliphatic carbocycles. The van der Waals surface area contributed by atoms with Crippen LogP contribution in [-0.4, -0.2) is 27.5 Å². The second-order valence-corrected chi connectivity index (χ2v) is 8.89. The molecule has 31 heavy (non-hydrogen) atoms. The Morgan fingerprint density at radius 2 is 1.90 bits per heavy atom. The fourth-order valence-electron chi connectivity index (χ4n) is 3.90. The van der Waals surface area contributed by atoms with E-state index in [1.165, 1.54) is 28.7 Å². The van der Waals surface area contributed by atoms with Crippen LogP contribution in [0.3, 0.4) is 0 Å². The predicted molar refractivity (Wildman–Crippen MR) is 121 cm³/mol. The van der Waals surface area contributed by atoms with E-state index in [2.05, 4.69) is 10.3 Å². The van der Waals surface area contributed by atoms with Gasteiger partial charge in [0.2, 0.25) is 0 Å². The number of thiophene rings is 1. The van der Waals surface area contributed by atoms with E-state index < -0.39 is 12.0 Å². The average molecular weight is 440 g/mol. The molecule has 8 heteroatoms. The van der Waals surface area contributed by atoms with Crippen molar-refractivity contribution in [3.63, 3.8) is 0 Å². The van der Waals surface area contributed by atoms with E-state index in [0.29, 0.717) is 26.3 Å². The Balaban J connectivity index is 1.59. The Morgan fingerprint density at radius 1 is 1.19 bits per heavy atom. The number of anilines is 1. The van der Waals surface area contributed by atoms with E-state index in [9.17, 15) is 14.4 Å². The van der Waals surface area contributed by atoms with Crippen molar-refractivity contribution in [3.05, 3.63) is 57.5 Å². The number of nitrogens with zero attached hydrogens (tertiary/aromatic N) is 2. The summed E-state index contributed by atoms with van der Waals surface area (Å²) in [6.07, 6.45) is 6.31. The first-order valence-electron chi connectivity index (χ1n) is 10.5. The molecule has 0 spiro atoms. The van der Waals surface area contributed by atoms with E-state index in [1.807, 2.05) is 18.2 Å². The van der Waals surface area contributed by atoms with E-state index in [1.54, 1.807) is 26.0 Å². The fourth-order valence-corrected chi connectivity index (χ4v) is 4.93. The molecule has 0 aliphatic heterocycles. The molecule has 1 amide bonds. The molecule has 4 rings (SSSR count). The third-order valence-corrected chi connectivity index (χ3v) is 6.91. The monoisotopic (exact) mass is 439 g/mol. The van der Waals surface area contributed by atoms with Crippen molar-refractivity contribution in [1.29, 1.82) is 0 Å². The number of benzene rings is 1. The molecular formula is C23H25N3O4S. The first-order valence-corrected chi connectivity index (χ1v) is 11.3. The molecule has 0 bridgehead atoms. The quantitative estimate of drug-likeness (QED) is 0.593. The summed E-state index contributed by atoms with van der Waals surface area (Å²) in [6, 6.07) is 8.35. The lowest BCUT2D eigenvalue weighted by molar-refractivity contribution is -0.154. The molecule has 1 aliphatic rings. The molecule has 1 unspecified atom stereocenters. The van der Waals surface area contributed by atoms with Gasteiger partial charge in [0, 0.05) is 5.69 Å². The smallest absolute Gasteiger partial charge is 0.329 e. The van der Waals surface area contributed by atoms with Crippen LogP contribution in [-0.2, 0) is 9.53 Å². The van der Waals surface area contributed by atoms with Crippen LogP contribution in [0, 0.1) is 6.92 Å². The van der Waals surface area contributed by atoms with E-state index in [0.717, 1.165) is 25.7 Å². The van der Waals surface area contributed by atoms with Crippen molar-refractivity contribution in [1.82, 2.24) is 9.55 Å². The number of aromatic nitrogens is 2. The summed E-state index contributed by atoms with van der Waals surface area (Å²) in [7, 11) is 0. The van der Waals surface area contributed by atoms with Crippen molar-refractivity contribution >= 4 is 39.1 Å². The largest absolute Gasteiger partial charge is 0.461 e. The van der Waals surface area contributed by atoms with Crippen molar-refractivity contribution in [2.75, 3.05) is 5.32 Å². The minimum Gasteiger partial charge on any atom is -0.461 e. The van der Waals surface area contributed by atoms with Gasteiger partial charge in [-0.05, 0) is 57.2 Å². The van der Waals surface area contributed by atoms with Crippen molar-refractivity contribution < 1.29 is 14.3 Å². The van der Waals surface area contributed by atoms with E-state index in [4.69, 9.17) is 4.74 Å². The normalized spacial score (nSPS) is 15.5. The van der Waals surface area contributed by atoms with Crippen molar-refractivity contribution in [2.24, 2.45) is 0 Å². The van der Waals surface area contributed by atoms with Crippen LogP contribution in [0.25, 0.3) is 10.2 Å². The number of hydrogen-bond donors (Lipinski definition) is 1. The van der Waals surface area contributed by atoms with Gasteiger partial charge in [-0.1, -0.05) is 24.6 Å². The lowest BCUT2D eigenvalue weighted by Gasteiger charge is -2.24. The Hall–Kier alpha value is -3.00. The maximum Gasteiger partial charge on any atom is 0.329 e. The second-order valence-electron chi connectivity index (χ2n) is 7.89. The standard InChI is InChI=1S/C23H25N3O4S/c1-14-18-21(31-19(14)20(27)25-16-9-5-3-6-10-16)24-13-26(22(18)28)15(2)23(29)30-17-11-7-4-8-12-17/h3,5-6,9-10,13,15,17H,4,7-8,11-12H2,1-2H3,(H,25,27). The highest BCUT2D eigenvalue weighted by molar-refractivity contribution is 7.20. The van der Waals surface area contributed by atoms with Gasteiger partial charge in [0.1, 0.15) is 17.0 Å². The number of esters is 1. The molecule has 0 saturated heterocycles. The summed E-state index contributed by atoms with van der Waals surface area (Å²) in [5, 5.41) is 3.21. The Morgan fingerprint density at radius 3 is 2.61 bits per heavy atom. The highest BCUT2D eigenvalue weighted by atomic mass is 32.1. The molecule has 2 heterocycles. The SMILES string of the molecule is Cc1c(C(=O)Nc2ccccc2)sc2ncn(C(C)C(=O)OC3CCCCC3)c(=O)c12. The van der Waals surface area contributed by atoms with E-state index >= 15 is 0 Å². The third kappa shape index (κ3) is 4.39. The highest BCUT2D eigenvalue weighted by Gasteiger charge is 2.26. The lowest BCUT2D eigenvalue weighted by Crippen LogP contribution is -2.32. The molecule has 1 saturated carbocycles. The van der Waals surface area contributed by atoms with Gasteiger partial charge in [0.15, 0.2) is 0 Å². The topological polar surface area (TPSA) is 90.3 Å². The minimum absolute atomic E-state index is 0.0766. The average Bonchev–Trinajstić information content (AvgIpc) is 3.12. The Kier molecular flexibility index (Phi) is 6.18. The Bertz CT molecular complexity index is 1160. The summed E-state index contributed by atoms with van der Waals surface area (Å²) in [5.74, 6) is -0.715. The van der Waals surface area contributed by atoms with Crippen LogP contribution in [0.5, 0.6) is 0 Å². The number of para-hydroxylation sites is 1. The lowest BCUT2D eigenvalue weighted by atomic mass is 9.98. The van der Waals surface area contributed by atoms with Crippen molar-refractivity contribution in [2.45, 2.75) is 58.1 Å². The number of aryl methyl sites for hydroxylation is 1. The van der Waals surface area contributed by atoms with Gasteiger partial charge in [-0.15, -0.1) is 11.3 Å². The number of rotatable bonds is 5. The number of amides is 1. The van der Waals surface area contributed by atoms with Gasteiger partial charge in [-0.2, -0.15) is 0 Å². The highest BCUT2D eigenvalue weighted by Crippen LogP contribution is 2.28. The second kappa shape index (κ2) is 9.01. The number of nitrogens with one attached hydrogen (secondary N) is 1. The van der Waals surface area contributed by atoms with Gasteiger partial charge in [0.25, 0.3) is 11.5 Å². The summed E-state index contributed by atoms with van der Waals surface area (Å²) in [6.45, 7) is 3.38. The molecule has 7 nitrogen and oxygen atoms in total. The molecule has 1 atom stereocenters. The van der Waals surface area contributed by atoms with Gasteiger partial charge in [-0.25, -0.2) is 9.78 Å². The van der Waals surface area contributed by atoms with Gasteiger partial charge in [-0.3, -0.25) is 14.2 Å². The molecule has 1 aromatic carbocycles. The zero-order valence-corrected chi connectivity index (χ0v) is 18.4. The maximum absolute atomic E-state index is 13.2. The molecular weight excluding hydrogens is 414 g/mol. The summed E-state index contributed by atoms with van der Waals surface area (Å²) in [5.41, 5.74) is 0.896. The number of ether oxygens (including phenoxy) is 1. The van der Waals surface area contributed by atoms with Crippen LogP contribution < -0.4 is 10.9 Å². The summed E-state index contributed by atoms with van der Waals surface area (Å²) < 4.78 is 6.92. The van der Waals surface area contributed by atoms with Gasteiger partial charge >= 0.3 is 5.97 Å². The minimum atomic E-state index is -0.785. The van der Waals surface area contributed by atoms with Crippen LogP contribution in [0.1, 0.15) is 60.3 Å². The van der Waals surface area contributed by atoms with E-state index in [-0.39, 0.29) is 17.6 Å². The molecule has 2 aromatic heterocycles. The Labute approximate surface area is 184 Å². The zero-order valence-electron chi connectivity index (χ0n) is 17.6. The fraction of sp³-hybridized carbons (Fsp3) is 0.391. The molecule has 3 aromatic rings.